The van der Waals surface area contributed by atoms with E-state index in [1.165, 1.54) is 5.56 Å². The Kier molecular flexibility index (Phi) is 6.21. The smallest absolute Gasteiger partial charge is 0.260 e. The number of benzene rings is 3. The van der Waals surface area contributed by atoms with Crippen molar-refractivity contribution in [3.63, 3.8) is 0 Å². The van der Waals surface area contributed by atoms with Gasteiger partial charge in [-0.05, 0) is 47.4 Å². The zero-order chi connectivity index (χ0) is 21.8. The summed E-state index contributed by atoms with van der Waals surface area (Å²) in [5.74, 6) is 3.26. The Balaban J connectivity index is 1.14. The maximum atomic E-state index is 12.8. The van der Waals surface area contributed by atoms with Crippen LogP contribution in [0.2, 0.25) is 0 Å². The molecular weight excluding hydrogens is 422 g/mol. The molecule has 1 unspecified atom stereocenters. The van der Waals surface area contributed by atoms with Gasteiger partial charge >= 0.3 is 0 Å². The van der Waals surface area contributed by atoms with Gasteiger partial charge in [0.15, 0.2) is 18.1 Å². The second kappa shape index (κ2) is 9.57. The van der Waals surface area contributed by atoms with Gasteiger partial charge < -0.3 is 19.1 Å². The highest BCUT2D eigenvalue weighted by Crippen LogP contribution is 2.40. The van der Waals surface area contributed by atoms with E-state index in [0.717, 1.165) is 47.9 Å². The van der Waals surface area contributed by atoms with Gasteiger partial charge in [0, 0.05) is 24.1 Å². The van der Waals surface area contributed by atoms with Crippen molar-refractivity contribution in [2.45, 2.75) is 11.7 Å². The van der Waals surface area contributed by atoms with Crippen LogP contribution < -0.4 is 14.2 Å². The summed E-state index contributed by atoms with van der Waals surface area (Å²) < 4.78 is 16.7. The van der Waals surface area contributed by atoms with Gasteiger partial charge in [-0.2, -0.15) is 11.8 Å². The van der Waals surface area contributed by atoms with Crippen molar-refractivity contribution >= 4 is 17.7 Å². The van der Waals surface area contributed by atoms with Crippen LogP contribution >= 0.6 is 11.8 Å². The van der Waals surface area contributed by atoms with Crippen molar-refractivity contribution in [3.8, 4) is 28.4 Å². The summed E-state index contributed by atoms with van der Waals surface area (Å²) in [6.45, 7) is 1.81. The fourth-order valence-electron chi connectivity index (χ4n) is 4.01. The largest absolute Gasteiger partial charge is 0.484 e. The Morgan fingerprint density at radius 3 is 2.56 bits per heavy atom. The predicted molar refractivity (Wildman–Crippen MR) is 126 cm³/mol. The topological polar surface area (TPSA) is 48.0 Å². The minimum Gasteiger partial charge on any atom is -0.484 e. The van der Waals surface area contributed by atoms with Gasteiger partial charge in [-0.3, -0.25) is 4.79 Å². The zero-order valence-corrected chi connectivity index (χ0v) is 18.6. The lowest BCUT2D eigenvalue weighted by molar-refractivity contribution is -0.133. The predicted octanol–water partition coefficient (Wildman–Crippen LogP) is 5.17. The molecule has 6 heteroatoms. The molecule has 32 heavy (non-hydrogen) atoms. The SMILES string of the molecule is O=C(COc1ccc(-c2ccccc2)cc1)N1CCSC(c2ccc3c(c2)OCO3)CC1. The van der Waals surface area contributed by atoms with Crippen molar-refractivity contribution < 1.29 is 19.0 Å². The van der Waals surface area contributed by atoms with Crippen molar-refractivity contribution in [2.24, 2.45) is 0 Å². The standard InChI is InChI=1S/C26H25NO4S/c28-26(17-29-22-9-6-20(7-10-22)19-4-2-1-3-5-19)27-13-12-25(32-15-14-27)21-8-11-23-24(16-21)31-18-30-23/h1-11,16,25H,12-15,17-18H2. The number of ether oxygens (including phenoxy) is 3. The summed E-state index contributed by atoms with van der Waals surface area (Å²) in [4.78, 5) is 14.7. The minimum absolute atomic E-state index is 0.0315. The summed E-state index contributed by atoms with van der Waals surface area (Å²) >= 11 is 1.89. The number of hydrogen-bond donors (Lipinski definition) is 0. The highest BCUT2D eigenvalue weighted by Gasteiger charge is 2.24. The second-order valence-electron chi connectivity index (χ2n) is 7.82. The van der Waals surface area contributed by atoms with Gasteiger partial charge in [-0.25, -0.2) is 0 Å². The Morgan fingerprint density at radius 2 is 1.72 bits per heavy atom. The van der Waals surface area contributed by atoms with Crippen LogP contribution in [-0.4, -0.2) is 43.0 Å². The lowest BCUT2D eigenvalue weighted by Gasteiger charge is -2.20. The number of nitrogens with zero attached hydrogens (tertiary/aromatic N) is 1. The Morgan fingerprint density at radius 1 is 0.938 bits per heavy atom. The van der Waals surface area contributed by atoms with E-state index in [0.29, 0.717) is 11.0 Å². The van der Waals surface area contributed by atoms with Crippen LogP contribution in [-0.2, 0) is 4.79 Å². The molecule has 0 spiro atoms. The van der Waals surface area contributed by atoms with Gasteiger partial charge in [0.25, 0.3) is 5.91 Å². The Hall–Kier alpha value is -3.12. The first-order chi connectivity index (χ1) is 15.8. The maximum absolute atomic E-state index is 12.8. The molecule has 0 aromatic heterocycles. The van der Waals surface area contributed by atoms with E-state index in [4.69, 9.17) is 14.2 Å². The molecular formula is C26H25NO4S. The lowest BCUT2D eigenvalue weighted by Crippen LogP contribution is -2.36. The van der Waals surface area contributed by atoms with Gasteiger partial charge in [0.05, 0.1) is 0 Å². The average molecular weight is 448 g/mol. The molecule has 3 aromatic rings. The van der Waals surface area contributed by atoms with Gasteiger partial charge in [-0.1, -0.05) is 48.5 Å². The zero-order valence-electron chi connectivity index (χ0n) is 17.7. The van der Waals surface area contributed by atoms with Gasteiger partial charge in [0.2, 0.25) is 6.79 Å². The Labute approximate surface area is 192 Å². The van der Waals surface area contributed by atoms with Crippen LogP contribution in [0, 0.1) is 0 Å². The summed E-state index contributed by atoms with van der Waals surface area (Å²) in [6.07, 6.45) is 0.905. The van der Waals surface area contributed by atoms with E-state index >= 15 is 0 Å². The van der Waals surface area contributed by atoms with E-state index in [-0.39, 0.29) is 19.3 Å². The molecule has 0 bridgehead atoms. The van der Waals surface area contributed by atoms with E-state index in [2.05, 4.69) is 24.3 Å². The molecule has 5 rings (SSSR count). The molecule has 0 saturated carbocycles. The second-order valence-corrected chi connectivity index (χ2v) is 9.13. The first kappa shape index (κ1) is 20.8. The number of amides is 1. The molecule has 1 atom stereocenters. The van der Waals surface area contributed by atoms with E-state index < -0.39 is 0 Å². The highest BCUT2D eigenvalue weighted by molar-refractivity contribution is 7.99. The lowest BCUT2D eigenvalue weighted by atomic mass is 10.1. The van der Waals surface area contributed by atoms with Gasteiger partial charge in [0.1, 0.15) is 5.75 Å². The minimum atomic E-state index is 0.0315. The van der Waals surface area contributed by atoms with Crippen molar-refractivity contribution in [1.82, 2.24) is 4.90 Å². The van der Waals surface area contributed by atoms with Crippen LogP contribution in [0.4, 0.5) is 0 Å². The first-order valence-electron chi connectivity index (χ1n) is 10.8. The van der Waals surface area contributed by atoms with Crippen molar-refractivity contribution in [2.75, 3.05) is 32.2 Å². The number of fused-ring (bicyclic) bond motifs is 1. The third-order valence-electron chi connectivity index (χ3n) is 5.79. The van der Waals surface area contributed by atoms with Crippen LogP contribution in [0.3, 0.4) is 0 Å². The third kappa shape index (κ3) is 4.70. The maximum Gasteiger partial charge on any atom is 0.260 e. The number of thioether (sulfide) groups is 1. The number of hydrogen-bond acceptors (Lipinski definition) is 5. The molecule has 2 heterocycles. The van der Waals surface area contributed by atoms with E-state index in [1.807, 2.05) is 65.2 Å². The number of carbonyl (C=O) groups excluding carboxylic acids is 1. The van der Waals surface area contributed by atoms with E-state index in [1.54, 1.807) is 0 Å². The molecule has 164 valence electrons. The molecule has 0 aliphatic carbocycles. The monoisotopic (exact) mass is 447 g/mol. The van der Waals surface area contributed by atoms with E-state index in [9.17, 15) is 4.79 Å². The number of rotatable bonds is 5. The summed E-state index contributed by atoms with van der Waals surface area (Å²) in [7, 11) is 0. The molecule has 0 N–H and O–H groups in total. The van der Waals surface area contributed by atoms with Crippen molar-refractivity contribution in [1.29, 1.82) is 0 Å². The summed E-state index contributed by atoms with van der Waals surface area (Å²) in [6, 6.07) is 24.2. The molecule has 2 aliphatic rings. The fourth-order valence-corrected chi connectivity index (χ4v) is 5.23. The molecule has 1 amide bonds. The molecule has 1 fully saturated rings. The normalized spacial score (nSPS) is 17.6. The fraction of sp³-hybridized carbons (Fsp3) is 0.269. The molecule has 5 nitrogen and oxygen atoms in total. The molecule has 1 saturated heterocycles. The first-order valence-corrected chi connectivity index (χ1v) is 11.9. The van der Waals surface area contributed by atoms with Crippen LogP contribution in [0.1, 0.15) is 17.2 Å². The molecule has 3 aromatic carbocycles. The van der Waals surface area contributed by atoms with Crippen LogP contribution in [0.5, 0.6) is 17.2 Å². The van der Waals surface area contributed by atoms with Gasteiger partial charge in [-0.15, -0.1) is 0 Å². The highest BCUT2D eigenvalue weighted by atomic mass is 32.2. The quantitative estimate of drug-likeness (QED) is 0.540. The summed E-state index contributed by atoms with van der Waals surface area (Å²) in [5, 5.41) is 0.341. The Bertz CT molecular complexity index is 1070. The summed E-state index contributed by atoms with van der Waals surface area (Å²) in [5.41, 5.74) is 3.51. The molecule has 2 aliphatic heterocycles. The van der Waals surface area contributed by atoms with Crippen LogP contribution in [0.15, 0.2) is 72.8 Å². The third-order valence-corrected chi connectivity index (χ3v) is 7.11. The van der Waals surface area contributed by atoms with Crippen LogP contribution in [0.25, 0.3) is 11.1 Å². The number of carbonyl (C=O) groups is 1. The molecule has 0 radical (unpaired) electrons. The van der Waals surface area contributed by atoms with Crippen molar-refractivity contribution in [3.05, 3.63) is 78.4 Å². The average Bonchev–Trinajstić information content (AvgIpc) is 3.18.